The molecule has 0 unspecified atom stereocenters. The number of hydrogen-bond acceptors (Lipinski definition) is 3. The summed E-state index contributed by atoms with van der Waals surface area (Å²) in [6, 6.07) is 10.4. The molecular weight excluding hydrogens is 316 g/mol. The van der Waals surface area contributed by atoms with Gasteiger partial charge in [-0.25, -0.2) is 4.98 Å². The lowest BCUT2D eigenvalue weighted by atomic mass is 10.1. The van der Waals surface area contributed by atoms with Gasteiger partial charge in [-0.2, -0.15) is 0 Å². The second-order valence-electron chi connectivity index (χ2n) is 5.00. The number of anilines is 1. The van der Waals surface area contributed by atoms with Crippen molar-refractivity contribution in [1.29, 1.82) is 0 Å². The van der Waals surface area contributed by atoms with Crippen LogP contribution in [0.25, 0.3) is 0 Å². The van der Waals surface area contributed by atoms with Crippen LogP contribution in [0.5, 0.6) is 5.75 Å². The number of ether oxygens (including phenoxy) is 1. The maximum absolute atomic E-state index is 5.81. The summed E-state index contributed by atoms with van der Waals surface area (Å²) in [4.78, 5) is 6.92. The standard InChI is InChI=1S/C16H17BrN2O/c1-12-8-13(9-17)10-18-16(12)19-6-7-20-15-5-3-2-4-14(15)11-19/h2-5,8,10H,6-7,9,11H2,1H3. The Morgan fingerprint density at radius 3 is 3.00 bits per heavy atom. The zero-order valence-electron chi connectivity index (χ0n) is 11.5. The van der Waals surface area contributed by atoms with Crippen molar-refractivity contribution in [2.24, 2.45) is 0 Å². The Morgan fingerprint density at radius 1 is 1.35 bits per heavy atom. The van der Waals surface area contributed by atoms with Gasteiger partial charge in [0.2, 0.25) is 0 Å². The number of hydrogen-bond donors (Lipinski definition) is 0. The molecule has 1 aromatic carbocycles. The van der Waals surface area contributed by atoms with Crippen LogP contribution in [0.1, 0.15) is 16.7 Å². The second kappa shape index (κ2) is 5.83. The fraction of sp³-hybridized carbons (Fsp3) is 0.312. The van der Waals surface area contributed by atoms with Crippen LogP contribution < -0.4 is 9.64 Å². The van der Waals surface area contributed by atoms with E-state index in [2.05, 4.69) is 50.9 Å². The Labute approximate surface area is 127 Å². The number of aromatic nitrogens is 1. The first-order valence-electron chi connectivity index (χ1n) is 6.75. The number of alkyl halides is 1. The highest BCUT2D eigenvalue weighted by atomic mass is 79.9. The second-order valence-corrected chi connectivity index (χ2v) is 5.56. The van der Waals surface area contributed by atoms with Crippen molar-refractivity contribution in [1.82, 2.24) is 4.98 Å². The molecule has 20 heavy (non-hydrogen) atoms. The third kappa shape index (κ3) is 2.66. The molecule has 104 valence electrons. The van der Waals surface area contributed by atoms with E-state index in [-0.39, 0.29) is 0 Å². The van der Waals surface area contributed by atoms with Gasteiger partial charge in [0.25, 0.3) is 0 Å². The largest absolute Gasteiger partial charge is 0.491 e. The third-order valence-electron chi connectivity index (χ3n) is 3.51. The number of aryl methyl sites for hydroxylation is 1. The molecule has 3 rings (SSSR count). The van der Waals surface area contributed by atoms with Gasteiger partial charge in [-0.15, -0.1) is 0 Å². The van der Waals surface area contributed by atoms with E-state index in [9.17, 15) is 0 Å². The highest BCUT2D eigenvalue weighted by Crippen LogP contribution is 2.27. The van der Waals surface area contributed by atoms with Gasteiger partial charge in [0.1, 0.15) is 18.2 Å². The van der Waals surface area contributed by atoms with Crippen LogP contribution in [0.3, 0.4) is 0 Å². The van der Waals surface area contributed by atoms with E-state index in [4.69, 9.17) is 4.74 Å². The molecule has 0 N–H and O–H groups in total. The molecule has 3 nitrogen and oxygen atoms in total. The number of para-hydroxylation sites is 1. The Hall–Kier alpha value is -1.55. The molecule has 0 saturated carbocycles. The number of rotatable bonds is 2. The van der Waals surface area contributed by atoms with E-state index < -0.39 is 0 Å². The van der Waals surface area contributed by atoms with Crippen LogP contribution in [-0.4, -0.2) is 18.1 Å². The smallest absolute Gasteiger partial charge is 0.131 e. The van der Waals surface area contributed by atoms with E-state index in [0.717, 1.165) is 30.0 Å². The van der Waals surface area contributed by atoms with E-state index in [1.807, 2.05) is 18.3 Å². The maximum Gasteiger partial charge on any atom is 0.131 e. The summed E-state index contributed by atoms with van der Waals surface area (Å²) in [5.41, 5.74) is 3.63. The first-order valence-corrected chi connectivity index (χ1v) is 7.87. The predicted molar refractivity (Wildman–Crippen MR) is 84.6 cm³/mol. The lowest BCUT2D eigenvalue weighted by molar-refractivity contribution is 0.331. The predicted octanol–water partition coefficient (Wildman–Crippen LogP) is 3.68. The molecule has 0 atom stereocenters. The minimum atomic E-state index is 0.693. The van der Waals surface area contributed by atoms with E-state index in [1.165, 1.54) is 16.7 Å². The number of pyridine rings is 1. The van der Waals surface area contributed by atoms with Crippen molar-refractivity contribution in [3.63, 3.8) is 0 Å². The van der Waals surface area contributed by atoms with Crippen LogP contribution in [0, 0.1) is 6.92 Å². The van der Waals surface area contributed by atoms with E-state index in [0.29, 0.717) is 6.61 Å². The fourth-order valence-electron chi connectivity index (χ4n) is 2.54. The van der Waals surface area contributed by atoms with Gasteiger partial charge in [0.05, 0.1) is 6.54 Å². The van der Waals surface area contributed by atoms with Crippen molar-refractivity contribution >= 4 is 21.7 Å². The molecule has 1 aliphatic rings. The SMILES string of the molecule is Cc1cc(CBr)cnc1N1CCOc2ccccc2C1. The molecule has 0 bridgehead atoms. The third-order valence-corrected chi connectivity index (χ3v) is 4.16. The van der Waals surface area contributed by atoms with Crippen LogP contribution in [0.15, 0.2) is 36.5 Å². The van der Waals surface area contributed by atoms with Crippen LogP contribution >= 0.6 is 15.9 Å². The number of nitrogens with zero attached hydrogens (tertiary/aromatic N) is 2. The molecule has 2 aromatic rings. The minimum absolute atomic E-state index is 0.693. The molecule has 0 radical (unpaired) electrons. The quantitative estimate of drug-likeness (QED) is 0.784. The molecule has 0 fully saturated rings. The molecule has 1 aliphatic heterocycles. The molecule has 0 amide bonds. The summed E-state index contributed by atoms with van der Waals surface area (Å²) in [6.07, 6.45) is 1.94. The van der Waals surface area contributed by atoms with Crippen molar-refractivity contribution < 1.29 is 4.74 Å². The lowest BCUT2D eigenvalue weighted by Gasteiger charge is -2.23. The fourth-order valence-corrected chi connectivity index (χ4v) is 2.84. The molecule has 0 saturated heterocycles. The average molecular weight is 333 g/mol. The normalized spacial score (nSPS) is 14.4. The summed E-state index contributed by atoms with van der Waals surface area (Å²) in [5.74, 6) is 2.04. The van der Waals surface area contributed by atoms with Crippen molar-refractivity contribution in [3.05, 3.63) is 53.2 Å². The van der Waals surface area contributed by atoms with Gasteiger partial charge < -0.3 is 9.64 Å². The van der Waals surface area contributed by atoms with Crippen LogP contribution in [0.4, 0.5) is 5.82 Å². The maximum atomic E-state index is 5.81. The highest BCUT2D eigenvalue weighted by Gasteiger charge is 2.17. The molecule has 0 spiro atoms. The Balaban J connectivity index is 1.91. The number of fused-ring (bicyclic) bond motifs is 1. The molecule has 4 heteroatoms. The van der Waals surface area contributed by atoms with Crippen LogP contribution in [-0.2, 0) is 11.9 Å². The van der Waals surface area contributed by atoms with Gasteiger partial charge >= 0.3 is 0 Å². The highest BCUT2D eigenvalue weighted by molar-refractivity contribution is 9.08. The minimum Gasteiger partial charge on any atom is -0.491 e. The molecule has 2 heterocycles. The first-order chi connectivity index (χ1) is 9.78. The summed E-state index contributed by atoms with van der Waals surface area (Å²) in [5, 5.41) is 0.840. The molecule has 0 aliphatic carbocycles. The van der Waals surface area contributed by atoms with Gasteiger partial charge in [0.15, 0.2) is 0 Å². The number of benzene rings is 1. The Kier molecular flexibility index (Phi) is 3.92. The molecule has 1 aromatic heterocycles. The number of halogens is 1. The van der Waals surface area contributed by atoms with E-state index in [1.54, 1.807) is 0 Å². The Bertz CT molecular complexity index is 615. The monoisotopic (exact) mass is 332 g/mol. The topological polar surface area (TPSA) is 25.4 Å². The van der Waals surface area contributed by atoms with Crippen molar-refractivity contribution in [2.45, 2.75) is 18.8 Å². The van der Waals surface area contributed by atoms with Gasteiger partial charge in [0, 0.05) is 23.6 Å². The summed E-state index contributed by atoms with van der Waals surface area (Å²) < 4.78 is 5.81. The summed E-state index contributed by atoms with van der Waals surface area (Å²) >= 11 is 3.47. The van der Waals surface area contributed by atoms with Gasteiger partial charge in [-0.1, -0.05) is 40.2 Å². The van der Waals surface area contributed by atoms with Gasteiger partial charge in [-0.3, -0.25) is 0 Å². The van der Waals surface area contributed by atoms with Crippen molar-refractivity contribution in [3.8, 4) is 5.75 Å². The Morgan fingerprint density at radius 2 is 2.20 bits per heavy atom. The molecular formula is C16H17BrN2O. The zero-order chi connectivity index (χ0) is 13.9. The lowest BCUT2D eigenvalue weighted by Crippen LogP contribution is -2.27. The average Bonchev–Trinajstić information content (AvgIpc) is 2.69. The first kappa shape index (κ1) is 13.4. The van der Waals surface area contributed by atoms with Gasteiger partial charge in [-0.05, 0) is 24.1 Å². The summed E-state index contributed by atoms with van der Waals surface area (Å²) in [7, 11) is 0. The summed E-state index contributed by atoms with van der Waals surface area (Å²) in [6.45, 7) is 4.51. The van der Waals surface area contributed by atoms with Crippen LogP contribution in [0.2, 0.25) is 0 Å². The van der Waals surface area contributed by atoms with Crippen molar-refractivity contribution in [2.75, 3.05) is 18.1 Å². The van der Waals surface area contributed by atoms with E-state index >= 15 is 0 Å². The zero-order valence-corrected chi connectivity index (χ0v) is 13.1.